The molecule has 1 heterocycles. The van der Waals surface area contributed by atoms with E-state index in [0.29, 0.717) is 12.3 Å². The van der Waals surface area contributed by atoms with Crippen molar-refractivity contribution in [2.24, 2.45) is 5.92 Å². The number of rotatable bonds is 5. The lowest BCUT2D eigenvalue weighted by Gasteiger charge is -2.35. The van der Waals surface area contributed by atoms with E-state index >= 15 is 0 Å². The topological polar surface area (TPSA) is 40.5 Å². The molecule has 1 aliphatic heterocycles. The summed E-state index contributed by atoms with van der Waals surface area (Å²) in [4.78, 5) is 14.0. The second-order valence-corrected chi connectivity index (χ2v) is 5.74. The first-order valence-corrected chi connectivity index (χ1v) is 7.27. The molecule has 0 spiro atoms. The van der Waals surface area contributed by atoms with Gasteiger partial charge in [-0.2, -0.15) is 0 Å². The Morgan fingerprint density at radius 1 is 1.50 bits per heavy atom. The van der Waals surface area contributed by atoms with Crippen LogP contribution in [0.2, 0.25) is 0 Å². The van der Waals surface area contributed by atoms with Gasteiger partial charge in [0.05, 0.1) is 5.60 Å². The Hall–Kier alpha value is -0.830. The summed E-state index contributed by atoms with van der Waals surface area (Å²) in [6, 6.07) is 0. The zero-order chi connectivity index (χ0) is 13.0. The number of unbranched alkanes of at least 4 members (excludes halogenated alkanes) is 1. The zero-order valence-corrected chi connectivity index (χ0v) is 11.4. The highest BCUT2D eigenvalue weighted by Gasteiger charge is 2.48. The molecule has 2 rings (SSSR count). The number of aliphatic hydroxyl groups is 1. The molecular weight excluding hydrogens is 226 g/mol. The number of hydrogen-bond acceptors (Lipinski definition) is 2. The predicted octanol–water partition coefficient (Wildman–Crippen LogP) is 2.50. The Morgan fingerprint density at radius 3 is 2.94 bits per heavy atom. The molecule has 1 unspecified atom stereocenters. The number of hydrogen-bond donors (Lipinski definition) is 1. The van der Waals surface area contributed by atoms with Crippen LogP contribution >= 0.6 is 0 Å². The molecule has 2 fully saturated rings. The van der Waals surface area contributed by atoms with Crippen molar-refractivity contribution in [2.75, 3.05) is 13.1 Å². The monoisotopic (exact) mass is 251 g/mol. The van der Waals surface area contributed by atoms with Gasteiger partial charge in [-0.3, -0.25) is 4.79 Å². The van der Waals surface area contributed by atoms with Crippen molar-refractivity contribution in [1.82, 2.24) is 4.90 Å². The number of amides is 1. The van der Waals surface area contributed by atoms with E-state index in [0.717, 1.165) is 51.6 Å². The fourth-order valence-electron chi connectivity index (χ4n) is 2.87. The fraction of sp³-hybridized carbons (Fsp3) is 0.800. The molecule has 18 heavy (non-hydrogen) atoms. The van der Waals surface area contributed by atoms with Crippen LogP contribution in [0, 0.1) is 5.92 Å². The van der Waals surface area contributed by atoms with E-state index in [-0.39, 0.29) is 5.91 Å². The Labute approximate surface area is 110 Å². The van der Waals surface area contributed by atoms with Gasteiger partial charge in [-0.05, 0) is 45.4 Å². The molecule has 0 radical (unpaired) electrons. The fourth-order valence-corrected chi connectivity index (χ4v) is 2.87. The van der Waals surface area contributed by atoms with E-state index in [4.69, 9.17) is 0 Å². The second kappa shape index (κ2) is 5.87. The number of allylic oxidation sites excluding steroid dienone is 2. The second-order valence-electron chi connectivity index (χ2n) is 5.74. The lowest BCUT2D eigenvalue weighted by Crippen LogP contribution is -2.44. The molecule has 102 valence electrons. The summed E-state index contributed by atoms with van der Waals surface area (Å²) in [5, 5.41) is 10.2. The Kier molecular flexibility index (Phi) is 4.44. The number of carbonyl (C=O) groups excluding carboxylic acids is 1. The summed E-state index contributed by atoms with van der Waals surface area (Å²) < 4.78 is 0. The Bertz CT molecular complexity index is 320. The highest BCUT2D eigenvalue weighted by atomic mass is 16.3. The van der Waals surface area contributed by atoms with Gasteiger partial charge in [-0.25, -0.2) is 0 Å². The summed E-state index contributed by atoms with van der Waals surface area (Å²) in [6.07, 6.45) is 10.7. The highest BCUT2D eigenvalue weighted by molar-refractivity contribution is 5.76. The molecular formula is C15H25NO2. The molecule has 1 saturated carbocycles. The van der Waals surface area contributed by atoms with Crippen LogP contribution in [0.3, 0.4) is 0 Å². The highest BCUT2D eigenvalue weighted by Crippen LogP contribution is 2.45. The van der Waals surface area contributed by atoms with Crippen molar-refractivity contribution in [3.8, 4) is 0 Å². The van der Waals surface area contributed by atoms with Crippen molar-refractivity contribution in [2.45, 2.75) is 57.5 Å². The molecule has 1 aliphatic carbocycles. The predicted molar refractivity (Wildman–Crippen MR) is 72.2 cm³/mol. The van der Waals surface area contributed by atoms with Gasteiger partial charge in [-0.15, -0.1) is 0 Å². The molecule has 3 nitrogen and oxygen atoms in total. The Morgan fingerprint density at radius 2 is 2.28 bits per heavy atom. The van der Waals surface area contributed by atoms with Crippen molar-refractivity contribution in [3.63, 3.8) is 0 Å². The maximum Gasteiger partial charge on any atom is 0.222 e. The molecule has 0 aromatic heterocycles. The van der Waals surface area contributed by atoms with Crippen LogP contribution in [0.25, 0.3) is 0 Å². The van der Waals surface area contributed by atoms with Crippen LogP contribution < -0.4 is 0 Å². The van der Waals surface area contributed by atoms with Crippen molar-refractivity contribution in [1.29, 1.82) is 0 Å². The average molecular weight is 251 g/mol. The van der Waals surface area contributed by atoms with Gasteiger partial charge in [0.15, 0.2) is 0 Å². The molecule has 1 N–H and O–H groups in total. The smallest absolute Gasteiger partial charge is 0.222 e. The molecule has 0 aromatic carbocycles. The minimum absolute atomic E-state index is 0.272. The molecule has 1 saturated heterocycles. The largest absolute Gasteiger partial charge is 0.390 e. The summed E-state index contributed by atoms with van der Waals surface area (Å²) in [5.74, 6) is 0.596. The third-order valence-electron chi connectivity index (χ3n) is 4.29. The van der Waals surface area contributed by atoms with Crippen LogP contribution in [0.15, 0.2) is 12.2 Å². The summed E-state index contributed by atoms with van der Waals surface area (Å²) in [7, 11) is 0. The number of likely N-dealkylation sites (tertiary alicyclic amines) is 1. The molecule has 3 heteroatoms. The van der Waals surface area contributed by atoms with E-state index in [9.17, 15) is 9.90 Å². The normalized spacial score (nSPS) is 26.6. The quantitative estimate of drug-likeness (QED) is 0.602. The molecule has 0 bridgehead atoms. The maximum atomic E-state index is 12.1. The lowest BCUT2D eigenvalue weighted by molar-refractivity contribution is -0.134. The minimum Gasteiger partial charge on any atom is -0.390 e. The minimum atomic E-state index is -0.427. The first-order valence-electron chi connectivity index (χ1n) is 7.27. The van der Waals surface area contributed by atoms with E-state index in [1.165, 1.54) is 0 Å². The summed E-state index contributed by atoms with van der Waals surface area (Å²) in [6.45, 7) is 3.67. The first-order chi connectivity index (χ1) is 8.65. The van der Waals surface area contributed by atoms with E-state index in [2.05, 4.69) is 6.08 Å². The molecule has 1 amide bonds. The third kappa shape index (κ3) is 3.35. The summed E-state index contributed by atoms with van der Waals surface area (Å²) >= 11 is 0. The maximum absolute atomic E-state index is 12.1. The van der Waals surface area contributed by atoms with Crippen LogP contribution in [-0.2, 0) is 4.79 Å². The summed E-state index contributed by atoms with van der Waals surface area (Å²) in [5.41, 5.74) is -0.427. The molecule has 0 aromatic rings. The number of nitrogens with zero attached hydrogens (tertiary/aromatic N) is 1. The zero-order valence-electron chi connectivity index (χ0n) is 11.4. The first kappa shape index (κ1) is 13.6. The van der Waals surface area contributed by atoms with Gasteiger partial charge in [0, 0.05) is 25.4 Å². The average Bonchev–Trinajstić information content (AvgIpc) is 3.14. The van der Waals surface area contributed by atoms with Gasteiger partial charge >= 0.3 is 0 Å². The molecule has 2 aliphatic rings. The number of carbonyl (C=O) groups is 1. The van der Waals surface area contributed by atoms with Gasteiger partial charge in [-0.1, -0.05) is 12.2 Å². The lowest BCUT2D eigenvalue weighted by atomic mass is 9.90. The van der Waals surface area contributed by atoms with Crippen LogP contribution in [-0.4, -0.2) is 34.6 Å². The Balaban J connectivity index is 1.75. The number of piperidine rings is 1. The van der Waals surface area contributed by atoms with Crippen molar-refractivity contribution >= 4 is 5.91 Å². The third-order valence-corrected chi connectivity index (χ3v) is 4.29. The van der Waals surface area contributed by atoms with Gasteiger partial charge in [0.1, 0.15) is 0 Å². The van der Waals surface area contributed by atoms with Crippen molar-refractivity contribution in [3.05, 3.63) is 12.2 Å². The van der Waals surface area contributed by atoms with Crippen molar-refractivity contribution < 1.29 is 9.90 Å². The van der Waals surface area contributed by atoms with Crippen LogP contribution in [0.4, 0.5) is 0 Å². The van der Waals surface area contributed by atoms with Gasteiger partial charge < -0.3 is 10.0 Å². The molecule has 1 atom stereocenters. The van der Waals surface area contributed by atoms with Gasteiger partial charge in [0.2, 0.25) is 5.91 Å². The standard InChI is InChI=1S/C15H25NO2/c1-2-3-4-5-8-14(17)16-11-6-7-13(12-16)15(18)9-10-15/h2-3,13,18H,4-12H2,1H3/b3-2+. The SMILES string of the molecule is C/C=C/CCCC(=O)N1CCCC(C2(O)CC2)C1. The van der Waals surface area contributed by atoms with Crippen LogP contribution in [0.1, 0.15) is 51.9 Å². The van der Waals surface area contributed by atoms with E-state index < -0.39 is 5.60 Å². The van der Waals surface area contributed by atoms with E-state index in [1.54, 1.807) is 0 Å². The van der Waals surface area contributed by atoms with E-state index in [1.807, 2.05) is 17.9 Å². The van der Waals surface area contributed by atoms with Gasteiger partial charge in [0.25, 0.3) is 0 Å². The van der Waals surface area contributed by atoms with Crippen LogP contribution in [0.5, 0.6) is 0 Å².